The minimum absolute atomic E-state index is 0.0137. The van der Waals surface area contributed by atoms with Crippen LogP contribution in [0, 0.1) is 5.92 Å². The summed E-state index contributed by atoms with van der Waals surface area (Å²) in [7, 11) is 0. The summed E-state index contributed by atoms with van der Waals surface area (Å²) < 4.78 is 6.06. The Balaban J connectivity index is 1.85. The summed E-state index contributed by atoms with van der Waals surface area (Å²) in [6, 6.07) is 15.2. The van der Waals surface area contributed by atoms with E-state index in [1.54, 1.807) is 0 Å². The third-order valence-corrected chi connectivity index (χ3v) is 5.14. The van der Waals surface area contributed by atoms with Gasteiger partial charge in [-0.3, -0.25) is 4.79 Å². The fourth-order valence-electron chi connectivity index (χ4n) is 3.89. The maximum atomic E-state index is 12.7. The highest BCUT2D eigenvalue weighted by Crippen LogP contribution is 2.54. The normalized spacial score (nSPS) is 28.5. The van der Waals surface area contributed by atoms with E-state index in [2.05, 4.69) is 0 Å². The standard InChI is InChI=1S/C19H15ClO3/c20-12-7-5-11(6-8-12)16-15(9-10-21)19-17(22)13-3-1-2-4-14(13)18(16)23-19/h1-8,10,15-16,18-19H,9H2/t15-,16-,18+,19+/m1/s1. The average molecular weight is 327 g/mol. The van der Waals surface area contributed by atoms with E-state index >= 15 is 0 Å². The summed E-state index contributed by atoms with van der Waals surface area (Å²) in [4.78, 5) is 23.9. The molecule has 0 radical (unpaired) electrons. The van der Waals surface area contributed by atoms with Crippen molar-refractivity contribution in [3.63, 3.8) is 0 Å². The second-order valence-electron chi connectivity index (χ2n) is 6.07. The van der Waals surface area contributed by atoms with Crippen molar-refractivity contribution in [1.29, 1.82) is 0 Å². The number of fused-ring (bicyclic) bond motifs is 4. The first-order valence-electron chi connectivity index (χ1n) is 7.68. The highest BCUT2D eigenvalue weighted by atomic mass is 35.5. The van der Waals surface area contributed by atoms with Gasteiger partial charge in [0.1, 0.15) is 12.4 Å². The van der Waals surface area contributed by atoms with Crippen molar-refractivity contribution >= 4 is 23.7 Å². The predicted octanol–water partition coefficient (Wildman–Crippen LogP) is 3.97. The van der Waals surface area contributed by atoms with Gasteiger partial charge in [0.05, 0.1) is 6.10 Å². The number of benzene rings is 2. The number of rotatable bonds is 3. The lowest BCUT2D eigenvalue weighted by atomic mass is 9.80. The Bertz CT molecular complexity index is 768. The number of Topliss-reactive ketones (excluding diaryl/α,β-unsaturated/α-hetero) is 1. The number of hydrogen-bond acceptors (Lipinski definition) is 3. The van der Waals surface area contributed by atoms with Gasteiger partial charge in [-0.05, 0) is 23.3 Å². The molecule has 3 nitrogen and oxygen atoms in total. The van der Waals surface area contributed by atoms with E-state index in [-0.39, 0.29) is 23.7 Å². The molecular formula is C19H15ClO3. The molecule has 4 heteroatoms. The number of carbonyl (C=O) groups excluding carboxylic acids is 2. The molecular weight excluding hydrogens is 312 g/mol. The topological polar surface area (TPSA) is 43.4 Å². The molecule has 2 bridgehead atoms. The quantitative estimate of drug-likeness (QED) is 0.802. The molecule has 0 aromatic heterocycles. The van der Waals surface area contributed by atoms with Crippen molar-refractivity contribution < 1.29 is 14.3 Å². The largest absolute Gasteiger partial charge is 0.361 e. The Morgan fingerprint density at radius 2 is 1.78 bits per heavy atom. The smallest absolute Gasteiger partial charge is 0.192 e. The highest BCUT2D eigenvalue weighted by Gasteiger charge is 2.52. The van der Waals surface area contributed by atoms with Gasteiger partial charge < -0.3 is 9.53 Å². The second kappa shape index (κ2) is 5.59. The van der Waals surface area contributed by atoms with Crippen LogP contribution in [0.3, 0.4) is 0 Å². The number of ether oxygens (including phenoxy) is 1. The van der Waals surface area contributed by atoms with Crippen LogP contribution in [-0.4, -0.2) is 18.2 Å². The fourth-order valence-corrected chi connectivity index (χ4v) is 4.02. The molecule has 116 valence electrons. The van der Waals surface area contributed by atoms with Gasteiger partial charge in [0.15, 0.2) is 5.78 Å². The molecule has 2 aliphatic heterocycles. The minimum Gasteiger partial charge on any atom is -0.361 e. The van der Waals surface area contributed by atoms with Gasteiger partial charge >= 0.3 is 0 Å². The number of carbonyl (C=O) groups is 2. The maximum absolute atomic E-state index is 12.7. The Hall–Kier alpha value is -1.97. The molecule has 0 unspecified atom stereocenters. The summed E-state index contributed by atoms with van der Waals surface area (Å²) in [6.45, 7) is 0. The van der Waals surface area contributed by atoms with Gasteiger partial charge in [0.25, 0.3) is 0 Å². The van der Waals surface area contributed by atoms with Crippen LogP contribution < -0.4 is 0 Å². The third-order valence-electron chi connectivity index (χ3n) is 4.88. The van der Waals surface area contributed by atoms with Crippen molar-refractivity contribution in [1.82, 2.24) is 0 Å². The van der Waals surface area contributed by atoms with Crippen LogP contribution in [0.1, 0.15) is 39.9 Å². The second-order valence-corrected chi connectivity index (χ2v) is 6.51. The number of halogens is 1. The molecule has 4 atom stereocenters. The summed E-state index contributed by atoms with van der Waals surface area (Å²) in [6.07, 6.45) is 0.463. The summed E-state index contributed by atoms with van der Waals surface area (Å²) in [5, 5.41) is 0.666. The van der Waals surface area contributed by atoms with Gasteiger partial charge in [-0.15, -0.1) is 0 Å². The summed E-state index contributed by atoms with van der Waals surface area (Å²) in [5.41, 5.74) is 2.70. The molecule has 0 spiro atoms. The zero-order valence-corrected chi connectivity index (χ0v) is 13.1. The highest BCUT2D eigenvalue weighted by molar-refractivity contribution is 6.30. The Morgan fingerprint density at radius 1 is 1.04 bits per heavy atom. The minimum atomic E-state index is -0.541. The lowest BCUT2D eigenvalue weighted by Gasteiger charge is -2.24. The monoisotopic (exact) mass is 326 g/mol. The van der Waals surface area contributed by atoms with Crippen LogP contribution in [-0.2, 0) is 9.53 Å². The van der Waals surface area contributed by atoms with Crippen LogP contribution in [0.25, 0.3) is 0 Å². The maximum Gasteiger partial charge on any atom is 0.192 e. The van der Waals surface area contributed by atoms with Gasteiger partial charge in [0, 0.05) is 28.8 Å². The van der Waals surface area contributed by atoms with E-state index in [0.717, 1.165) is 23.0 Å². The molecule has 2 aromatic carbocycles. The van der Waals surface area contributed by atoms with E-state index < -0.39 is 6.10 Å². The lowest BCUT2D eigenvalue weighted by Crippen LogP contribution is -2.30. The third kappa shape index (κ3) is 2.23. The first-order chi connectivity index (χ1) is 11.2. The zero-order valence-electron chi connectivity index (χ0n) is 12.3. The van der Waals surface area contributed by atoms with Crippen molar-refractivity contribution in [3.8, 4) is 0 Å². The summed E-state index contributed by atoms with van der Waals surface area (Å²) >= 11 is 5.99. The van der Waals surface area contributed by atoms with Gasteiger partial charge in [-0.1, -0.05) is 48.0 Å². The van der Waals surface area contributed by atoms with Crippen molar-refractivity contribution in [2.45, 2.75) is 24.5 Å². The Labute approximate surface area is 139 Å². The molecule has 0 saturated carbocycles. The molecule has 0 amide bonds. The summed E-state index contributed by atoms with van der Waals surface area (Å²) in [5.74, 6) is -0.172. The lowest BCUT2D eigenvalue weighted by molar-refractivity contribution is -0.108. The van der Waals surface area contributed by atoms with Gasteiger partial charge in [-0.2, -0.15) is 0 Å². The first kappa shape index (κ1) is 14.6. The molecule has 23 heavy (non-hydrogen) atoms. The Morgan fingerprint density at radius 3 is 2.52 bits per heavy atom. The number of hydrogen-bond donors (Lipinski definition) is 0. The molecule has 1 fully saturated rings. The van der Waals surface area contributed by atoms with Crippen molar-refractivity contribution in [2.24, 2.45) is 5.92 Å². The predicted molar refractivity (Wildman–Crippen MR) is 86.8 cm³/mol. The van der Waals surface area contributed by atoms with E-state index in [1.165, 1.54) is 0 Å². The number of ketones is 1. The Kier molecular flexibility index (Phi) is 3.55. The van der Waals surface area contributed by atoms with Crippen LogP contribution in [0.4, 0.5) is 0 Å². The fraction of sp³-hybridized carbons (Fsp3) is 0.263. The van der Waals surface area contributed by atoms with Crippen molar-refractivity contribution in [3.05, 3.63) is 70.2 Å². The molecule has 1 saturated heterocycles. The van der Waals surface area contributed by atoms with Crippen LogP contribution in [0.2, 0.25) is 5.02 Å². The molecule has 0 N–H and O–H groups in total. The molecule has 2 aromatic rings. The van der Waals surface area contributed by atoms with Crippen molar-refractivity contribution in [2.75, 3.05) is 0 Å². The van der Waals surface area contributed by atoms with E-state index in [1.807, 2.05) is 48.5 Å². The number of aldehydes is 1. The first-order valence-corrected chi connectivity index (χ1v) is 8.06. The zero-order chi connectivity index (χ0) is 16.0. The SMILES string of the molecule is O=CC[C@@H]1[C@@H](c2ccc(Cl)cc2)[C@H]2O[C@@H]1C(=O)c1ccccc12. The average Bonchev–Trinajstić information content (AvgIpc) is 2.90. The van der Waals surface area contributed by atoms with Crippen LogP contribution in [0.5, 0.6) is 0 Å². The van der Waals surface area contributed by atoms with E-state index in [9.17, 15) is 9.59 Å². The van der Waals surface area contributed by atoms with Crippen LogP contribution in [0.15, 0.2) is 48.5 Å². The molecule has 2 heterocycles. The molecule has 4 rings (SSSR count). The van der Waals surface area contributed by atoms with Crippen LogP contribution >= 0.6 is 11.6 Å². The molecule has 0 aliphatic carbocycles. The van der Waals surface area contributed by atoms with E-state index in [4.69, 9.17) is 16.3 Å². The van der Waals surface area contributed by atoms with Gasteiger partial charge in [0.2, 0.25) is 0 Å². The van der Waals surface area contributed by atoms with E-state index in [0.29, 0.717) is 11.4 Å². The van der Waals surface area contributed by atoms with Gasteiger partial charge in [-0.25, -0.2) is 0 Å². The molecule has 2 aliphatic rings.